The van der Waals surface area contributed by atoms with Gasteiger partial charge in [0.05, 0.1) is 18.5 Å². The van der Waals surface area contributed by atoms with Gasteiger partial charge in [0.2, 0.25) is 0 Å². The lowest BCUT2D eigenvalue weighted by Gasteiger charge is -2.36. The Labute approximate surface area is 206 Å². The van der Waals surface area contributed by atoms with Crippen LogP contribution in [0.15, 0.2) is 60.8 Å². The van der Waals surface area contributed by atoms with Crippen molar-refractivity contribution in [3.8, 4) is 5.75 Å². The van der Waals surface area contributed by atoms with Crippen LogP contribution in [0.1, 0.15) is 49.4 Å². The molecule has 1 aliphatic heterocycles. The number of benzene rings is 2. The number of rotatable bonds is 11. The molecule has 0 spiro atoms. The second kappa shape index (κ2) is 12.1. The Hall–Kier alpha value is -2.99. The average Bonchev–Trinajstić information content (AvgIpc) is 2.89. The van der Waals surface area contributed by atoms with Gasteiger partial charge in [-0.2, -0.15) is 0 Å². The van der Waals surface area contributed by atoms with Crippen LogP contribution in [0.3, 0.4) is 0 Å². The molecule has 1 unspecified atom stereocenters. The molecular formula is C29H35FN2O3. The van der Waals surface area contributed by atoms with Gasteiger partial charge < -0.3 is 14.7 Å². The molecule has 186 valence electrons. The number of halogens is 1. The van der Waals surface area contributed by atoms with E-state index in [4.69, 9.17) is 4.74 Å². The second-order valence-electron chi connectivity index (χ2n) is 9.56. The van der Waals surface area contributed by atoms with Crippen molar-refractivity contribution in [1.82, 2.24) is 9.88 Å². The number of piperidine rings is 1. The number of alkyl halides is 1. The summed E-state index contributed by atoms with van der Waals surface area (Å²) in [6.07, 6.45) is 5.65. The number of carboxylic acids is 1. The highest BCUT2D eigenvalue weighted by Crippen LogP contribution is 2.31. The Morgan fingerprint density at radius 2 is 2.03 bits per heavy atom. The minimum atomic E-state index is -0.965. The molecule has 4 rings (SSSR count). The maximum atomic E-state index is 14.5. The van der Waals surface area contributed by atoms with E-state index in [0.717, 1.165) is 67.4 Å². The third kappa shape index (κ3) is 6.57. The number of hydrogen-bond donors (Lipinski definition) is 1. The van der Waals surface area contributed by atoms with Gasteiger partial charge in [0, 0.05) is 18.1 Å². The number of aliphatic carboxylic acids is 1. The first-order chi connectivity index (χ1) is 17.0. The molecule has 0 amide bonds. The summed E-state index contributed by atoms with van der Waals surface area (Å²) in [5.74, 6) is -0.0997. The summed E-state index contributed by atoms with van der Waals surface area (Å²) < 4.78 is 19.8. The Balaban J connectivity index is 1.27. The van der Waals surface area contributed by atoms with Crippen LogP contribution in [0.2, 0.25) is 0 Å². The molecule has 1 fully saturated rings. The predicted octanol–water partition coefficient (Wildman–Crippen LogP) is 6.08. The van der Waals surface area contributed by atoms with Gasteiger partial charge in [-0.1, -0.05) is 30.3 Å². The average molecular weight is 479 g/mol. The van der Waals surface area contributed by atoms with Gasteiger partial charge in [-0.05, 0) is 92.9 Å². The van der Waals surface area contributed by atoms with Crippen molar-refractivity contribution in [2.45, 2.75) is 44.7 Å². The topological polar surface area (TPSA) is 62.7 Å². The van der Waals surface area contributed by atoms with Crippen molar-refractivity contribution >= 4 is 16.9 Å². The fraction of sp³-hybridized carbons (Fsp3) is 0.448. The Morgan fingerprint density at radius 1 is 1.20 bits per heavy atom. The zero-order valence-electron chi connectivity index (χ0n) is 20.4. The minimum absolute atomic E-state index is 0.171. The number of nitrogens with zero attached hydrogens (tertiary/aromatic N) is 2. The number of methoxy groups -OCH3 is 1. The highest BCUT2D eigenvalue weighted by molar-refractivity contribution is 5.83. The maximum Gasteiger partial charge on any atom is 0.308 e. The highest BCUT2D eigenvalue weighted by atomic mass is 19.1. The van der Waals surface area contributed by atoms with E-state index in [1.807, 2.05) is 60.8 Å². The number of carboxylic acid groups (broad SMARTS) is 1. The fourth-order valence-electron chi connectivity index (χ4n) is 5.30. The zero-order valence-corrected chi connectivity index (χ0v) is 20.4. The van der Waals surface area contributed by atoms with Gasteiger partial charge in [-0.25, -0.2) is 4.39 Å². The summed E-state index contributed by atoms with van der Waals surface area (Å²) >= 11 is 0. The van der Waals surface area contributed by atoms with Crippen LogP contribution >= 0.6 is 0 Å². The largest absolute Gasteiger partial charge is 0.497 e. The lowest BCUT2D eigenvalue weighted by molar-refractivity contribution is -0.146. The summed E-state index contributed by atoms with van der Waals surface area (Å²) in [5.41, 5.74) is 2.88. The maximum absolute atomic E-state index is 14.5. The number of aryl methyl sites for hydroxylation is 1. The number of hydrogen-bond acceptors (Lipinski definition) is 4. The van der Waals surface area contributed by atoms with E-state index in [-0.39, 0.29) is 11.8 Å². The molecule has 0 bridgehead atoms. The third-order valence-electron chi connectivity index (χ3n) is 7.31. The zero-order chi connectivity index (χ0) is 24.6. The van der Waals surface area contributed by atoms with E-state index in [9.17, 15) is 14.3 Å². The van der Waals surface area contributed by atoms with Crippen molar-refractivity contribution in [3.63, 3.8) is 0 Å². The summed E-state index contributed by atoms with van der Waals surface area (Å²) in [4.78, 5) is 18.7. The molecule has 0 saturated carbocycles. The van der Waals surface area contributed by atoms with Crippen molar-refractivity contribution in [3.05, 3.63) is 71.9 Å². The van der Waals surface area contributed by atoms with Gasteiger partial charge in [0.1, 0.15) is 11.9 Å². The first kappa shape index (κ1) is 25.1. The molecule has 35 heavy (non-hydrogen) atoms. The Morgan fingerprint density at radius 3 is 2.80 bits per heavy atom. The molecule has 5 nitrogen and oxygen atoms in total. The third-order valence-corrected chi connectivity index (χ3v) is 7.31. The van der Waals surface area contributed by atoms with Crippen LogP contribution in [-0.2, 0) is 11.2 Å². The van der Waals surface area contributed by atoms with Gasteiger partial charge >= 0.3 is 5.97 Å². The van der Waals surface area contributed by atoms with Gasteiger partial charge in [-0.15, -0.1) is 0 Å². The van der Waals surface area contributed by atoms with Crippen LogP contribution in [0.5, 0.6) is 5.75 Å². The van der Waals surface area contributed by atoms with Crippen molar-refractivity contribution in [2.75, 3.05) is 26.7 Å². The van der Waals surface area contributed by atoms with Crippen LogP contribution in [0.25, 0.3) is 10.9 Å². The summed E-state index contributed by atoms with van der Waals surface area (Å²) in [6, 6.07) is 17.2. The highest BCUT2D eigenvalue weighted by Gasteiger charge is 2.33. The van der Waals surface area contributed by atoms with Gasteiger partial charge in [-0.3, -0.25) is 9.78 Å². The summed E-state index contributed by atoms with van der Waals surface area (Å²) in [7, 11) is 1.66. The van der Waals surface area contributed by atoms with Crippen molar-refractivity contribution in [1.29, 1.82) is 0 Å². The first-order valence-corrected chi connectivity index (χ1v) is 12.6. The molecule has 0 radical (unpaired) electrons. The summed E-state index contributed by atoms with van der Waals surface area (Å²) in [6.45, 7) is 2.18. The molecule has 1 aromatic heterocycles. The monoisotopic (exact) mass is 478 g/mol. The van der Waals surface area contributed by atoms with Crippen molar-refractivity contribution < 1.29 is 19.0 Å². The van der Waals surface area contributed by atoms with Crippen LogP contribution in [-0.4, -0.2) is 47.7 Å². The molecular weight excluding hydrogens is 443 g/mol. The summed E-state index contributed by atoms with van der Waals surface area (Å²) in [5, 5.41) is 11.0. The first-order valence-electron chi connectivity index (χ1n) is 12.6. The van der Waals surface area contributed by atoms with Crippen LogP contribution < -0.4 is 4.74 Å². The van der Waals surface area contributed by atoms with E-state index in [1.54, 1.807) is 7.11 Å². The van der Waals surface area contributed by atoms with E-state index >= 15 is 0 Å². The lowest BCUT2D eigenvalue weighted by atomic mass is 9.81. The van der Waals surface area contributed by atoms with E-state index < -0.39 is 12.1 Å². The molecule has 3 aromatic rings. The number of ether oxygens (including phenoxy) is 1. The number of fused-ring (bicyclic) bond motifs is 1. The fourth-order valence-corrected chi connectivity index (χ4v) is 5.30. The molecule has 1 aliphatic rings. The Kier molecular flexibility index (Phi) is 8.69. The van der Waals surface area contributed by atoms with E-state index in [2.05, 4.69) is 9.88 Å². The molecule has 6 heteroatoms. The number of pyridine rings is 1. The normalized spacial score (nSPS) is 19.5. The van der Waals surface area contributed by atoms with Crippen LogP contribution in [0, 0.1) is 11.8 Å². The van der Waals surface area contributed by atoms with Gasteiger partial charge in [0.25, 0.3) is 0 Å². The van der Waals surface area contributed by atoms with Gasteiger partial charge in [0.15, 0.2) is 0 Å². The number of aromatic nitrogens is 1. The Bertz CT molecular complexity index is 1110. The number of likely N-dealkylation sites (tertiary alicyclic amines) is 1. The quantitative estimate of drug-likeness (QED) is 0.362. The minimum Gasteiger partial charge on any atom is -0.497 e. The van der Waals surface area contributed by atoms with Crippen molar-refractivity contribution in [2.24, 2.45) is 11.8 Å². The SMILES string of the molecule is COc1ccc2nccc(CCC[C@@H]3CCN(CCCC(F)c4ccccc4)C[C@@H]3C(=O)O)c2c1. The molecule has 1 saturated heterocycles. The van der Waals surface area contributed by atoms with E-state index in [1.165, 1.54) is 5.56 Å². The lowest BCUT2D eigenvalue weighted by Crippen LogP contribution is -2.44. The second-order valence-corrected chi connectivity index (χ2v) is 9.56. The molecule has 0 aliphatic carbocycles. The molecule has 1 N–H and O–H groups in total. The predicted molar refractivity (Wildman–Crippen MR) is 136 cm³/mol. The molecule has 2 aromatic carbocycles. The number of carbonyl (C=O) groups is 1. The molecule has 3 atom stereocenters. The molecule has 2 heterocycles. The standard InChI is InChI=1S/C29H35FN2O3/c1-35-24-12-13-28-25(19-24)21(14-16-31-28)9-5-10-22-15-18-32(20-26(22)29(33)34)17-6-11-27(30)23-7-3-2-4-8-23/h2-4,7-8,12-14,16,19,22,26-27H,5-6,9-11,15,17-18,20H2,1H3,(H,33,34)/t22-,26+,27?/m1/s1. The van der Waals surface area contributed by atoms with Crippen LogP contribution in [0.4, 0.5) is 4.39 Å². The van der Waals surface area contributed by atoms with E-state index in [0.29, 0.717) is 13.0 Å². The smallest absolute Gasteiger partial charge is 0.308 e.